The van der Waals surface area contributed by atoms with Crippen LogP contribution in [0, 0.1) is 0 Å². The second-order valence-corrected chi connectivity index (χ2v) is 6.88. The van der Waals surface area contributed by atoms with Crippen LogP contribution in [0.5, 0.6) is 5.75 Å². The van der Waals surface area contributed by atoms with Gasteiger partial charge in [0.05, 0.1) is 7.11 Å². The fourth-order valence-corrected chi connectivity index (χ4v) is 4.33. The summed E-state index contributed by atoms with van der Waals surface area (Å²) in [6.07, 6.45) is 0. The Labute approximate surface area is 201 Å². The van der Waals surface area contributed by atoms with Crippen molar-refractivity contribution in [2.75, 3.05) is 7.11 Å². The topological polar surface area (TPSA) is 23.3 Å². The third kappa shape index (κ3) is 8.01. The molecule has 0 amide bonds. The number of nitrogens with zero attached hydrogens (tertiary/aromatic N) is 1. The number of halogens is 3. The van der Waals surface area contributed by atoms with Crippen LogP contribution in [-0.4, -0.2) is 16.8 Å². The number of methoxy groups -OCH3 is 1. The van der Waals surface area contributed by atoms with Crippen LogP contribution in [0.25, 0.3) is 4.98 Å². The molecule has 3 aromatic carbocycles. The van der Waals surface area contributed by atoms with Gasteiger partial charge in [-0.1, -0.05) is 94.2 Å². The van der Waals surface area contributed by atoms with Crippen molar-refractivity contribution in [3.8, 4) is 5.75 Å². The summed E-state index contributed by atoms with van der Waals surface area (Å²) < 4.78 is 5.42. The normalized spacial score (nSPS) is 9.41. The first-order valence-corrected chi connectivity index (χ1v) is 9.24. The van der Waals surface area contributed by atoms with E-state index in [2.05, 4.69) is 60.7 Å². The summed E-state index contributed by atoms with van der Waals surface area (Å²) in [5, 5.41) is 0. The average Bonchev–Trinajstić information content (AvgIpc) is 2.64. The van der Waals surface area contributed by atoms with Gasteiger partial charge in [-0.05, 0) is 22.7 Å². The molecule has 0 saturated carbocycles. The van der Waals surface area contributed by atoms with Gasteiger partial charge in [0.15, 0.2) is 0 Å². The first kappa shape index (κ1) is 28.4. The molecule has 140 valence electrons. The van der Waals surface area contributed by atoms with Crippen LogP contribution in [0.1, 0.15) is 16.7 Å². The monoisotopic (exact) mass is 513 g/mol. The van der Waals surface area contributed by atoms with E-state index >= 15 is 0 Å². The zero-order chi connectivity index (χ0) is 15.9. The molecule has 7 heteroatoms. The fraction of sp³-hybridized carbons (Fsp3) is 0.100. The molecule has 0 bridgehead atoms. The summed E-state index contributed by atoms with van der Waals surface area (Å²) in [5.41, 5.74) is 4.01. The van der Waals surface area contributed by atoms with Crippen molar-refractivity contribution in [1.82, 2.24) is 0 Å². The van der Waals surface area contributed by atoms with Crippen molar-refractivity contribution in [1.29, 1.82) is 0 Å². The number of hydrogen-bond donors (Lipinski definition) is 0. The maximum Gasteiger partial charge on any atom is 4.00 e. The Hall–Kier alpha value is -0.770. The quantitative estimate of drug-likeness (QED) is 0.304. The van der Waals surface area contributed by atoms with Gasteiger partial charge in [0.1, 0.15) is 5.75 Å². The molecular weight excluding hydrogens is 496 g/mol. The molecule has 0 heterocycles. The molecule has 3 rings (SSSR count). The Bertz CT molecular complexity index is 711. The standard InChI is InChI=1S/C20H20NOSi.3ClH.Zr/c1-22-19-15-9-8-14-18(19)21-23-20(16-10-4-2-5-11-16)17-12-6-3-7-13-17;;;;/h2-15,20H,23H2,1H3;3*1H;/q-1;;;;+4/p-3. The van der Waals surface area contributed by atoms with E-state index in [0.717, 1.165) is 11.4 Å². The van der Waals surface area contributed by atoms with Gasteiger partial charge in [0.2, 0.25) is 0 Å². The molecule has 3 aromatic rings. The minimum Gasteiger partial charge on any atom is -1.00 e. The summed E-state index contributed by atoms with van der Waals surface area (Å²) in [4.78, 5) is 4.94. The van der Waals surface area contributed by atoms with E-state index in [1.165, 1.54) is 11.1 Å². The van der Waals surface area contributed by atoms with Gasteiger partial charge >= 0.3 is 26.2 Å². The third-order valence-electron chi connectivity index (χ3n) is 3.93. The number of para-hydroxylation sites is 1. The Morgan fingerprint density at radius 2 is 1.15 bits per heavy atom. The number of rotatable bonds is 6. The van der Waals surface area contributed by atoms with Gasteiger partial charge in [-0.3, -0.25) is 0 Å². The molecule has 0 aromatic heterocycles. The van der Waals surface area contributed by atoms with Crippen molar-refractivity contribution >= 4 is 15.4 Å². The first-order valence-electron chi connectivity index (χ1n) is 7.79. The van der Waals surface area contributed by atoms with Crippen molar-refractivity contribution in [2.24, 2.45) is 0 Å². The summed E-state index contributed by atoms with van der Waals surface area (Å²) in [7, 11) is 0.941. The van der Waals surface area contributed by atoms with Crippen molar-refractivity contribution in [3.63, 3.8) is 0 Å². The SMILES string of the molecule is COc1ccccc1[N-][SiH2]C(c1ccccc1)c1ccccc1.[Cl-].[Cl-].[Cl-].[Zr+4]. The Kier molecular flexibility index (Phi) is 16.0. The zero-order valence-electron chi connectivity index (χ0n) is 14.9. The molecule has 0 aliphatic carbocycles. The molecule has 0 unspecified atom stereocenters. The predicted molar refractivity (Wildman–Crippen MR) is 99.3 cm³/mol. The van der Waals surface area contributed by atoms with Crippen LogP contribution in [-0.2, 0) is 26.2 Å². The largest absolute Gasteiger partial charge is 4.00 e. The van der Waals surface area contributed by atoms with E-state index in [4.69, 9.17) is 9.72 Å². The smallest absolute Gasteiger partial charge is 1.00 e. The molecule has 0 aliphatic rings. The molecule has 0 atom stereocenters. The van der Waals surface area contributed by atoms with Gasteiger partial charge in [-0.25, -0.2) is 0 Å². The molecular formula is C20H20Cl3NOSiZr. The van der Waals surface area contributed by atoms with Gasteiger partial charge in [0, 0.05) is 0 Å². The number of benzene rings is 3. The average molecular weight is 516 g/mol. The molecule has 0 radical (unpaired) electrons. The van der Waals surface area contributed by atoms with Gasteiger partial charge in [-0.15, -0.1) is 0 Å². The summed E-state index contributed by atoms with van der Waals surface area (Å²) in [6, 6.07) is 29.3. The van der Waals surface area contributed by atoms with E-state index < -0.39 is 9.68 Å². The van der Waals surface area contributed by atoms with E-state index in [0.29, 0.717) is 5.54 Å². The van der Waals surface area contributed by atoms with E-state index in [-0.39, 0.29) is 63.4 Å². The van der Waals surface area contributed by atoms with Crippen LogP contribution in [0.3, 0.4) is 0 Å². The Balaban J connectivity index is 0. The molecule has 0 aliphatic heterocycles. The Morgan fingerprint density at radius 1 is 0.704 bits per heavy atom. The van der Waals surface area contributed by atoms with Crippen LogP contribution in [0.4, 0.5) is 5.69 Å². The molecule has 0 spiro atoms. The van der Waals surface area contributed by atoms with E-state index in [1.54, 1.807) is 7.11 Å². The molecule has 0 saturated heterocycles. The molecule has 0 N–H and O–H groups in total. The van der Waals surface area contributed by atoms with E-state index in [9.17, 15) is 0 Å². The second kappa shape index (κ2) is 15.2. The third-order valence-corrected chi connectivity index (χ3v) is 5.76. The van der Waals surface area contributed by atoms with Crippen LogP contribution in [0.15, 0.2) is 84.9 Å². The predicted octanol–water partition coefficient (Wildman–Crippen LogP) is -4.42. The number of ether oxygens (including phenoxy) is 1. The van der Waals surface area contributed by atoms with E-state index in [1.807, 2.05) is 24.3 Å². The van der Waals surface area contributed by atoms with Gasteiger partial charge in [-0.2, -0.15) is 0 Å². The van der Waals surface area contributed by atoms with Crippen molar-refractivity contribution < 1.29 is 68.2 Å². The van der Waals surface area contributed by atoms with Gasteiger partial charge < -0.3 is 46.9 Å². The second-order valence-electron chi connectivity index (χ2n) is 5.39. The summed E-state index contributed by atoms with van der Waals surface area (Å²) in [6.45, 7) is 0. The van der Waals surface area contributed by atoms with Crippen LogP contribution < -0.4 is 42.0 Å². The van der Waals surface area contributed by atoms with Crippen molar-refractivity contribution in [3.05, 3.63) is 101 Å². The summed E-state index contributed by atoms with van der Waals surface area (Å²) >= 11 is 0. The minimum atomic E-state index is -0.755. The number of hydrogen-bond acceptors (Lipinski definition) is 1. The zero-order valence-corrected chi connectivity index (χ0v) is 21.0. The fourth-order valence-electron chi connectivity index (χ4n) is 2.72. The van der Waals surface area contributed by atoms with Crippen molar-refractivity contribution in [2.45, 2.75) is 5.54 Å². The first-order chi connectivity index (χ1) is 11.4. The maximum absolute atomic E-state index is 5.42. The molecule has 2 nitrogen and oxygen atoms in total. The van der Waals surface area contributed by atoms with Crippen LogP contribution in [0.2, 0.25) is 0 Å². The Morgan fingerprint density at radius 3 is 1.63 bits per heavy atom. The molecule has 0 fully saturated rings. The minimum absolute atomic E-state index is 0. The molecule has 27 heavy (non-hydrogen) atoms. The van der Waals surface area contributed by atoms with Gasteiger partial charge in [0.25, 0.3) is 0 Å². The van der Waals surface area contributed by atoms with Crippen LogP contribution >= 0.6 is 0 Å². The summed E-state index contributed by atoms with van der Waals surface area (Å²) in [5.74, 6) is 0.847. The maximum atomic E-state index is 5.42.